The van der Waals surface area contributed by atoms with Crippen LogP contribution in [0, 0.1) is 10.1 Å². The monoisotopic (exact) mass is 348 g/mol. The Kier molecular flexibility index (Phi) is 5.33. The second-order valence-corrected chi connectivity index (χ2v) is 5.67. The van der Waals surface area contributed by atoms with Crippen LogP contribution in [0.15, 0.2) is 53.0 Å². The highest BCUT2D eigenvalue weighted by molar-refractivity contribution is 9.10. The number of benzene rings is 2. The topological polar surface area (TPSA) is 55.2 Å². The number of halogens is 1. The Bertz CT molecular complexity index is 617. The average molecular weight is 349 g/mol. The Morgan fingerprint density at radius 3 is 2.57 bits per heavy atom. The SMILES string of the molecule is CCCC(Nc1cc([N+](=O)[O-])ccc1Br)c1ccccc1. The highest BCUT2D eigenvalue weighted by atomic mass is 79.9. The minimum Gasteiger partial charge on any atom is -0.377 e. The van der Waals surface area contributed by atoms with Crippen molar-refractivity contribution in [1.29, 1.82) is 0 Å². The maximum absolute atomic E-state index is 10.9. The van der Waals surface area contributed by atoms with E-state index in [1.165, 1.54) is 11.6 Å². The number of hydrogen-bond acceptors (Lipinski definition) is 3. The summed E-state index contributed by atoms with van der Waals surface area (Å²) in [7, 11) is 0. The molecule has 0 fully saturated rings. The van der Waals surface area contributed by atoms with Crippen LogP contribution in [0.2, 0.25) is 0 Å². The van der Waals surface area contributed by atoms with Gasteiger partial charge in [0.1, 0.15) is 0 Å². The second kappa shape index (κ2) is 7.22. The highest BCUT2D eigenvalue weighted by Crippen LogP contribution is 2.31. The quantitative estimate of drug-likeness (QED) is 0.568. The van der Waals surface area contributed by atoms with Gasteiger partial charge in [0.25, 0.3) is 5.69 Å². The van der Waals surface area contributed by atoms with Crippen LogP contribution in [0.3, 0.4) is 0 Å². The number of nitro groups is 1. The van der Waals surface area contributed by atoms with Gasteiger partial charge in [0.15, 0.2) is 0 Å². The fourth-order valence-electron chi connectivity index (χ4n) is 2.22. The summed E-state index contributed by atoms with van der Waals surface area (Å²) >= 11 is 3.45. The van der Waals surface area contributed by atoms with Crippen LogP contribution in [0.1, 0.15) is 31.4 Å². The lowest BCUT2D eigenvalue weighted by molar-refractivity contribution is -0.384. The van der Waals surface area contributed by atoms with Crippen molar-refractivity contribution in [2.45, 2.75) is 25.8 Å². The van der Waals surface area contributed by atoms with E-state index in [0.717, 1.165) is 23.0 Å². The number of nitrogens with zero attached hydrogens (tertiary/aromatic N) is 1. The first-order chi connectivity index (χ1) is 10.1. The van der Waals surface area contributed by atoms with Gasteiger partial charge in [-0.2, -0.15) is 0 Å². The fraction of sp³-hybridized carbons (Fsp3) is 0.250. The molecule has 0 saturated carbocycles. The Morgan fingerprint density at radius 2 is 1.95 bits per heavy atom. The normalized spacial score (nSPS) is 11.9. The molecule has 1 unspecified atom stereocenters. The number of nitro benzene ring substituents is 1. The molecule has 0 spiro atoms. The van der Waals surface area contributed by atoms with Crippen molar-refractivity contribution >= 4 is 27.3 Å². The summed E-state index contributed by atoms with van der Waals surface area (Å²) in [6.07, 6.45) is 1.98. The van der Waals surface area contributed by atoms with E-state index in [2.05, 4.69) is 40.3 Å². The molecule has 4 nitrogen and oxygen atoms in total. The summed E-state index contributed by atoms with van der Waals surface area (Å²) < 4.78 is 0.824. The third-order valence-electron chi connectivity index (χ3n) is 3.27. The lowest BCUT2D eigenvalue weighted by Gasteiger charge is -2.20. The van der Waals surface area contributed by atoms with Gasteiger partial charge in [-0.1, -0.05) is 43.7 Å². The van der Waals surface area contributed by atoms with Gasteiger partial charge in [-0.3, -0.25) is 10.1 Å². The van der Waals surface area contributed by atoms with E-state index in [-0.39, 0.29) is 16.7 Å². The van der Waals surface area contributed by atoms with Crippen LogP contribution in [0.25, 0.3) is 0 Å². The molecule has 110 valence electrons. The van der Waals surface area contributed by atoms with Crippen molar-refractivity contribution in [3.8, 4) is 0 Å². The van der Waals surface area contributed by atoms with Gasteiger partial charge in [0.05, 0.1) is 16.7 Å². The van der Waals surface area contributed by atoms with Gasteiger partial charge in [-0.25, -0.2) is 0 Å². The van der Waals surface area contributed by atoms with Gasteiger partial charge in [0, 0.05) is 16.6 Å². The first-order valence-corrected chi connectivity index (χ1v) is 7.66. The molecule has 2 rings (SSSR count). The van der Waals surface area contributed by atoms with E-state index < -0.39 is 0 Å². The Labute approximate surface area is 132 Å². The number of nitrogens with one attached hydrogen (secondary N) is 1. The molecule has 0 aromatic heterocycles. The summed E-state index contributed by atoms with van der Waals surface area (Å²) in [6, 6.07) is 15.0. The van der Waals surface area contributed by atoms with E-state index in [1.807, 2.05) is 18.2 Å². The molecule has 2 aromatic rings. The van der Waals surface area contributed by atoms with Crippen molar-refractivity contribution in [3.63, 3.8) is 0 Å². The smallest absolute Gasteiger partial charge is 0.271 e. The molecule has 0 aliphatic rings. The summed E-state index contributed by atoms with van der Waals surface area (Å²) in [4.78, 5) is 10.5. The molecular formula is C16H17BrN2O2. The summed E-state index contributed by atoms with van der Waals surface area (Å²) in [6.45, 7) is 2.13. The molecule has 0 heterocycles. The van der Waals surface area contributed by atoms with Gasteiger partial charge in [-0.15, -0.1) is 0 Å². The molecule has 0 amide bonds. The zero-order chi connectivity index (χ0) is 15.2. The van der Waals surface area contributed by atoms with Gasteiger partial charge >= 0.3 is 0 Å². The predicted molar refractivity (Wildman–Crippen MR) is 88.5 cm³/mol. The van der Waals surface area contributed by atoms with E-state index in [4.69, 9.17) is 0 Å². The first-order valence-electron chi connectivity index (χ1n) is 6.87. The maximum atomic E-state index is 10.9. The summed E-state index contributed by atoms with van der Waals surface area (Å²) in [5, 5.41) is 14.3. The molecule has 0 bridgehead atoms. The third-order valence-corrected chi connectivity index (χ3v) is 3.96. The van der Waals surface area contributed by atoms with Crippen molar-refractivity contribution < 1.29 is 4.92 Å². The molecule has 2 aromatic carbocycles. The molecule has 5 heteroatoms. The molecule has 0 saturated heterocycles. The number of anilines is 1. The molecule has 1 atom stereocenters. The predicted octanol–water partition coefficient (Wildman–Crippen LogP) is 5.31. The molecular weight excluding hydrogens is 332 g/mol. The summed E-state index contributed by atoms with van der Waals surface area (Å²) in [5.74, 6) is 0. The standard InChI is InChI=1S/C16H17BrN2O2/c1-2-6-15(12-7-4-3-5-8-12)18-16-11-13(19(20)21)9-10-14(16)17/h3-5,7-11,15,18H,2,6H2,1H3. The lowest BCUT2D eigenvalue weighted by Crippen LogP contribution is -2.11. The van der Waals surface area contributed by atoms with Crippen LogP contribution in [-0.4, -0.2) is 4.92 Å². The number of rotatable bonds is 6. The van der Waals surface area contributed by atoms with E-state index in [9.17, 15) is 10.1 Å². The lowest BCUT2D eigenvalue weighted by atomic mass is 10.0. The Balaban J connectivity index is 2.28. The van der Waals surface area contributed by atoms with Gasteiger partial charge < -0.3 is 5.32 Å². The molecule has 0 aliphatic heterocycles. The maximum Gasteiger partial charge on any atom is 0.271 e. The zero-order valence-corrected chi connectivity index (χ0v) is 13.3. The largest absolute Gasteiger partial charge is 0.377 e. The average Bonchev–Trinajstić information content (AvgIpc) is 2.49. The van der Waals surface area contributed by atoms with E-state index in [1.54, 1.807) is 12.1 Å². The molecule has 21 heavy (non-hydrogen) atoms. The number of non-ortho nitro benzene ring substituents is 1. The van der Waals surface area contributed by atoms with Gasteiger partial charge in [-0.05, 0) is 34.0 Å². The van der Waals surface area contributed by atoms with Crippen molar-refractivity contribution in [1.82, 2.24) is 0 Å². The van der Waals surface area contributed by atoms with Gasteiger partial charge in [0.2, 0.25) is 0 Å². The minimum absolute atomic E-state index is 0.0870. The number of hydrogen-bond donors (Lipinski definition) is 1. The van der Waals surface area contributed by atoms with E-state index in [0.29, 0.717) is 0 Å². The minimum atomic E-state index is -0.380. The van der Waals surface area contributed by atoms with Crippen LogP contribution < -0.4 is 5.32 Å². The molecule has 1 N–H and O–H groups in total. The fourth-order valence-corrected chi connectivity index (χ4v) is 2.58. The van der Waals surface area contributed by atoms with Crippen LogP contribution >= 0.6 is 15.9 Å². The molecule has 0 radical (unpaired) electrons. The van der Waals surface area contributed by atoms with E-state index >= 15 is 0 Å². The van der Waals surface area contributed by atoms with Crippen molar-refractivity contribution in [3.05, 3.63) is 68.7 Å². The third kappa shape index (κ3) is 4.04. The molecule has 0 aliphatic carbocycles. The first kappa shape index (κ1) is 15.5. The van der Waals surface area contributed by atoms with Crippen LogP contribution in [0.4, 0.5) is 11.4 Å². The van der Waals surface area contributed by atoms with Crippen molar-refractivity contribution in [2.24, 2.45) is 0 Å². The highest BCUT2D eigenvalue weighted by Gasteiger charge is 2.14. The Morgan fingerprint density at radius 1 is 1.24 bits per heavy atom. The van der Waals surface area contributed by atoms with Crippen LogP contribution in [-0.2, 0) is 0 Å². The second-order valence-electron chi connectivity index (χ2n) is 4.82. The Hall–Kier alpha value is -1.88. The van der Waals surface area contributed by atoms with Crippen LogP contribution in [0.5, 0.6) is 0 Å². The van der Waals surface area contributed by atoms with Crippen molar-refractivity contribution in [2.75, 3.05) is 5.32 Å². The zero-order valence-electron chi connectivity index (χ0n) is 11.8. The summed E-state index contributed by atoms with van der Waals surface area (Å²) in [5.41, 5.74) is 2.01.